The summed E-state index contributed by atoms with van der Waals surface area (Å²) in [6, 6.07) is 7.50. The second kappa shape index (κ2) is 8.82. The lowest BCUT2D eigenvalue weighted by Gasteiger charge is -2.08. The highest BCUT2D eigenvalue weighted by molar-refractivity contribution is 7.92. The average molecular weight is 384 g/mol. The summed E-state index contributed by atoms with van der Waals surface area (Å²) in [4.78, 5) is 15.4. The first kappa shape index (κ1) is 19.2. The monoisotopic (exact) mass is 384 g/mol. The molecule has 0 unspecified atom stereocenters. The molecule has 0 bridgehead atoms. The van der Waals surface area contributed by atoms with Gasteiger partial charge >= 0.3 is 5.97 Å². The minimum Gasteiger partial charge on any atom is -0.492 e. The van der Waals surface area contributed by atoms with Gasteiger partial charge in [-0.05, 0) is 31.0 Å². The van der Waals surface area contributed by atoms with Crippen LogP contribution in [-0.2, 0) is 21.2 Å². The van der Waals surface area contributed by atoms with Gasteiger partial charge in [0.1, 0.15) is 18.1 Å². The third kappa shape index (κ3) is 6.02. The Labute approximate surface area is 151 Å². The summed E-state index contributed by atoms with van der Waals surface area (Å²) < 4.78 is 36.7. The lowest BCUT2D eigenvalue weighted by atomic mass is 10.2. The average Bonchev–Trinajstić information content (AvgIpc) is 3.03. The van der Waals surface area contributed by atoms with Crippen LogP contribution in [0.25, 0.3) is 0 Å². The lowest BCUT2D eigenvalue weighted by Crippen LogP contribution is -2.21. The predicted molar refractivity (Wildman–Crippen MR) is 96.8 cm³/mol. The van der Waals surface area contributed by atoms with Gasteiger partial charge in [-0.25, -0.2) is 18.2 Å². The fourth-order valence-electron chi connectivity index (χ4n) is 1.89. The minimum atomic E-state index is -3.62. The molecule has 0 fully saturated rings. The van der Waals surface area contributed by atoms with Gasteiger partial charge in [0.25, 0.3) is 0 Å². The van der Waals surface area contributed by atoms with Crippen molar-refractivity contribution in [1.82, 2.24) is 4.98 Å². The Balaban J connectivity index is 1.85. The summed E-state index contributed by atoms with van der Waals surface area (Å²) in [5.74, 6) is -0.189. The van der Waals surface area contributed by atoms with E-state index in [0.29, 0.717) is 5.75 Å². The van der Waals surface area contributed by atoms with Crippen LogP contribution in [0.3, 0.4) is 0 Å². The second-order valence-electron chi connectivity index (χ2n) is 5.03. The van der Waals surface area contributed by atoms with Crippen molar-refractivity contribution in [3.05, 3.63) is 40.9 Å². The molecule has 1 heterocycles. The molecule has 0 aliphatic carbocycles. The van der Waals surface area contributed by atoms with E-state index in [-0.39, 0.29) is 29.8 Å². The van der Waals surface area contributed by atoms with E-state index in [1.807, 2.05) is 24.3 Å². The van der Waals surface area contributed by atoms with Crippen LogP contribution in [0.5, 0.6) is 5.75 Å². The molecule has 0 aliphatic heterocycles. The first-order chi connectivity index (χ1) is 11.9. The predicted octanol–water partition coefficient (Wildman–Crippen LogP) is 2.70. The largest absolute Gasteiger partial charge is 0.492 e. The highest BCUT2D eigenvalue weighted by atomic mass is 32.2. The number of aromatic nitrogens is 1. The van der Waals surface area contributed by atoms with E-state index >= 15 is 0 Å². The molecule has 0 amide bonds. The normalized spacial score (nSPS) is 11.1. The number of anilines is 1. The molecular weight excluding hydrogens is 364 g/mol. The molecule has 2 aromatic rings. The lowest BCUT2D eigenvalue weighted by molar-refractivity contribution is 0.0520. The van der Waals surface area contributed by atoms with Crippen molar-refractivity contribution >= 4 is 32.5 Å². The third-order valence-electron chi connectivity index (χ3n) is 3.18. The number of rotatable bonds is 9. The van der Waals surface area contributed by atoms with Crippen molar-refractivity contribution in [2.75, 3.05) is 23.7 Å². The summed E-state index contributed by atoms with van der Waals surface area (Å²) in [6.07, 6.45) is 0.931. The van der Waals surface area contributed by atoms with Crippen LogP contribution in [-0.4, -0.2) is 38.3 Å². The number of sulfonamides is 1. The van der Waals surface area contributed by atoms with Gasteiger partial charge in [0.15, 0.2) is 10.8 Å². The molecule has 0 saturated carbocycles. The number of aryl methyl sites for hydroxylation is 1. The number of ether oxygens (including phenoxy) is 2. The van der Waals surface area contributed by atoms with E-state index in [9.17, 15) is 13.2 Å². The van der Waals surface area contributed by atoms with Crippen LogP contribution in [0.1, 0.15) is 29.9 Å². The molecule has 0 spiro atoms. The SMILES string of the molecule is CCOC(=O)c1csc(NS(=O)(=O)CCOc2ccc(CC)cc2)n1. The molecular formula is C16H20N2O5S2. The Morgan fingerprint density at radius 1 is 1.24 bits per heavy atom. The molecule has 1 aromatic heterocycles. The Kier molecular flexibility index (Phi) is 6.77. The van der Waals surface area contributed by atoms with E-state index < -0.39 is 16.0 Å². The number of carbonyl (C=O) groups excluding carboxylic acids is 1. The van der Waals surface area contributed by atoms with Crippen molar-refractivity contribution in [3.63, 3.8) is 0 Å². The topological polar surface area (TPSA) is 94.6 Å². The number of carbonyl (C=O) groups is 1. The fourth-order valence-corrected chi connectivity index (χ4v) is 3.71. The highest BCUT2D eigenvalue weighted by Gasteiger charge is 2.16. The molecule has 1 aromatic carbocycles. The zero-order valence-electron chi connectivity index (χ0n) is 14.0. The molecule has 9 heteroatoms. The Morgan fingerprint density at radius 3 is 2.60 bits per heavy atom. The highest BCUT2D eigenvalue weighted by Crippen LogP contribution is 2.18. The maximum Gasteiger partial charge on any atom is 0.357 e. The van der Waals surface area contributed by atoms with E-state index in [4.69, 9.17) is 9.47 Å². The molecule has 0 radical (unpaired) electrons. The van der Waals surface area contributed by atoms with Gasteiger partial charge in [-0.2, -0.15) is 0 Å². The van der Waals surface area contributed by atoms with Crippen LogP contribution in [0.2, 0.25) is 0 Å². The molecule has 0 saturated heterocycles. The second-order valence-corrected chi connectivity index (χ2v) is 7.73. The van der Waals surface area contributed by atoms with Crippen molar-refractivity contribution in [1.29, 1.82) is 0 Å². The zero-order valence-corrected chi connectivity index (χ0v) is 15.7. The number of hydrogen-bond donors (Lipinski definition) is 1. The van der Waals surface area contributed by atoms with Gasteiger partial charge < -0.3 is 9.47 Å². The zero-order chi connectivity index (χ0) is 18.3. The van der Waals surface area contributed by atoms with Crippen LogP contribution >= 0.6 is 11.3 Å². The van der Waals surface area contributed by atoms with E-state index in [2.05, 4.69) is 16.6 Å². The van der Waals surface area contributed by atoms with Crippen molar-refractivity contribution < 1.29 is 22.7 Å². The molecule has 136 valence electrons. The number of hydrogen-bond acceptors (Lipinski definition) is 7. The standard InChI is InChI=1S/C16H20N2O5S2/c1-3-12-5-7-13(8-6-12)23-9-10-25(20,21)18-16-17-14(11-24-16)15(19)22-4-2/h5-8,11H,3-4,9-10H2,1-2H3,(H,17,18). The molecule has 25 heavy (non-hydrogen) atoms. The quantitative estimate of drug-likeness (QED) is 0.668. The van der Waals surface area contributed by atoms with Gasteiger partial charge in [0.05, 0.1) is 6.61 Å². The maximum atomic E-state index is 12.1. The minimum absolute atomic E-state index is 0.0108. The maximum absolute atomic E-state index is 12.1. The molecule has 0 atom stereocenters. The number of nitrogens with zero attached hydrogens (tertiary/aromatic N) is 1. The smallest absolute Gasteiger partial charge is 0.357 e. The summed E-state index contributed by atoms with van der Waals surface area (Å²) in [5, 5.41) is 1.57. The van der Waals surface area contributed by atoms with Crippen molar-refractivity contribution in [2.45, 2.75) is 20.3 Å². The van der Waals surface area contributed by atoms with Crippen LogP contribution in [0.4, 0.5) is 5.13 Å². The van der Waals surface area contributed by atoms with E-state index in [0.717, 1.165) is 17.8 Å². The first-order valence-corrected chi connectivity index (χ1v) is 10.3. The first-order valence-electron chi connectivity index (χ1n) is 7.78. The van der Waals surface area contributed by atoms with E-state index in [1.165, 1.54) is 10.9 Å². The van der Waals surface area contributed by atoms with Crippen molar-refractivity contribution in [2.24, 2.45) is 0 Å². The Hall–Kier alpha value is -2.13. The fraction of sp³-hybridized carbons (Fsp3) is 0.375. The summed E-state index contributed by atoms with van der Waals surface area (Å²) in [5.41, 5.74) is 1.26. The van der Waals surface area contributed by atoms with Gasteiger partial charge in [0.2, 0.25) is 10.0 Å². The number of benzene rings is 1. The molecule has 0 aliphatic rings. The van der Waals surface area contributed by atoms with Crippen LogP contribution in [0.15, 0.2) is 29.6 Å². The van der Waals surface area contributed by atoms with Crippen LogP contribution < -0.4 is 9.46 Å². The van der Waals surface area contributed by atoms with Gasteiger partial charge in [-0.3, -0.25) is 4.72 Å². The van der Waals surface area contributed by atoms with Gasteiger partial charge in [0, 0.05) is 5.38 Å². The Bertz CT molecular complexity index is 800. The summed E-state index contributed by atoms with van der Waals surface area (Å²) in [7, 11) is -3.62. The van der Waals surface area contributed by atoms with E-state index in [1.54, 1.807) is 6.92 Å². The van der Waals surface area contributed by atoms with Gasteiger partial charge in [-0.1, -0.05) is 19.1 Å². The number of esters is 1. The number of nitrogens with one attached hydrogen (secondary N) is 1. The third-order valence-corrected chi connectivity index (χ3v) is 5.28. The molecule has 7 nitrogen and oxygen atoms in total. The summed E-state index contributed by atoms with van der Waals surface area (Å²) >= 11 is 1.02. The Morgan fingerprint density at radius 2 is 1.96 bits per heavy atom. The molecule has 1 N–H and O–H groups in total. The van der Waals surface area contributed by atoms with Crippen LogP contribution in [0, 0.1) is 0 Å². The van der Waals surface area contributed by atoms with Crippen molar-refractivity contribution in [3.8, 4) is 5.75 Å². The summed E-state index contributed by atoms with van der Waals surface area (Å²) in [6.45, 7) is 3.98. The number of thiazole rings is 1. The van der Waals surface area contributed by atoms with Gasteiger partial charge in [-0.15, -0.1) is 11.3 Å². The molecule has 2 rings (SSSR count).